The molecule has 0 radical (unpaired) electrons. The SMILES string of the molecule is CC1=C(C)C[C@H](c2cccc(C)c2)[C@@H](c2ccc(C)cc2)C1. The van der Waals surface area contributed by atoms with Crippen molar-refractivity contribution >= 4 is 0 Å². The minimum Gasteiger partial charge on any atom is -0.0737 e. The normalized spacial score (nSPS) is 22.0. The molecule has 0 unspecified atom stereocenters. The second-order valence-corrected chi connectivity index (χ2v) is 7.01. The number of benzene rings is 2. The fraction of sp³-hybridized carbons (Fsp3) is 0.364. The van der Waals surface area contributed by atoms with E-state index >= 15 is 0 Å². The monoisotopic (exact) mass is 290 g/mol. The van der Waals surface area contributed by atoms with E-state index in [1.54, 1.807) is 11.1 Å². The zero-order valence-electron chi connectivity index (χ0n) is 14.2. The van der Waals surface area contributed by atoms with Crippen molar-refractivity contribution in [3.05, 3.63) is 81.9 Å². The van der Waals surface area contributed by atoms with E-state index in [4.69, 9.17) is 0 Å². The van der Waals surface area contributed by atoms with Gasteiger partial charge in [0.1, 0.15) is 0 Å². The maximum Gasteiger partial charge on any atom is -0.00527 e. The van der Waals surface area contributed by atoms with Crippen LogP contribution >= 0.6 is 0 Å². The topological polar surface area (TPSA) is 0 Å². The van der Waals surface area contributed by atoms with E-state index in [2.05, 4.69) is 76.2 Å². The lowest BCUT2D eigenvalue weighted by atomic mass is 9.70. The summed E-state index contributed by atoms with van der Waals surface area (Å²) in [4.78, 5) is 0. The highest BCUT2D eigenvalue weighted by Crippen LogP contribution is 2.46. The van der Waals surface area contributed by atoms with Crippen molar-refractivity contribution < 1.29 is 0 Å². The number of hydrogen-bond donors (Lipinski definition) is 0. The Morgan fingerprint density at radius 1 is 0.636 bits per heavy atom. The molecule has 0 nitrogen and oxygen atoms in total. The van der Waals surface area contributed by atoms with Gasteiger partial charge in [0.15, 0.2) is 0 Å². The van der Waals surface area contributed by atoms with Gasteiger partial charge in [0, 0.05) is 0 Å². The summed E-state index contributed by atoms with van der Waals surface area (Å²) in [6.07, 6.45) is 2.38. The Morgan fingerprint density at radius 3 is 1.82 bits per heavy atom. The zero-order chi connectivity index (χ0) is 15.7. The first-order chi connectivity index (χ1) is 10.5. The van der Waals surface area contributed by atoms with E-state index in [9.17, 15) is 0 Å². The maximum atomic E-state index is 2.37. The van der Waals surface area contributed by atoms with Crippen LogP contribution in [0.15, 0.2) is 59.7 Å². The van der Waals surface area contributed by atoms with E-state index in [1.165, 1.54) is 35.1 Å². The molecule has 1 aliphatic carbocycles. The molecular formula is C22H26. The molecule has 0 N–H and O–H groups in total. The van der Waals surface area contributed by atoms with E-state index in [0.717, 1.165) is 0 Å². The van der Waals surface area contributed by atoms with Gasteiger partial charge in [0.25, 0.3) is 0 Å². The second kappa shape index (κ2) is 6.12. The third-order valence-electron chi connectivity index (χ3n) is 5.24. The van der Waals surface area contributed by atoms with E-state index in [1.807, 2.05) is 0 Å². The molecule has 0 heterocycles. The highest BCUT2D eigenvalue weighted by atomic mass is 14.3. The first-order valence-corrected chi connectivity index (χ1v) is 8.33. The fourth-order valence-electron chi connectivity index (χ4n) is 3.71. The molecule has 1 aliphatic rings. The summed E-state index contributed by atoms with van der Waals surface area (Å²) in [5.41, 5.74) is 8.85. The molecule has 2 aromatic carbocycles. The molecule has 2 aromatic rings. The fourth-order valence-corrected chi connectivity index (χ4v) is 3.71. The van der Waals surface area contributed by atoms with Crippen LogP contribution in [0.2, 0.25) is 0 Å². The second-order valence-electron chi connectivity index (χ2n) is 7.01. The van der Waals surface area contributed by atoms with Gasteiger partial charge in [-0.25, -0.2) is 0 Å². The lowest BCUT2D eigenvalue weighted by molar-refractivity contribution is 0.496. The third kappa shape index (κ3) is 3.02. The Bertz CT molecular complexity index is 688. The van der Waals surface area contributed by atoms with Crippen molar-refractivity contribution in [3.63, 3.8) is 0 Å². The summed E-state index contributed by atoms with van der Waals surface area (Å²) in [5.74, 6) is 1.21. The summed E-state index contributed by atoms with van der Waals surface area (Å²) in [5, 5.41) is 0. The van der Waals surface area contributed by atoms with Gasteiger partial charge in [0.2, 0.25) is 0 Å². The van der Waals surface area contributed by atoms with Crippen LogP contribution in [0.4, 0.5) is 0 Å². The Balaban J connectivity index is 2.02. The predicted molar refractivity (Wildman–Crippen MR) is 95.4 cm³/mol. The van der Waals surface area contributed by atoms with Crippen LogP contribution in [0.3, 0.4) is 0 Å². The number of aryl methyl sites for hydroxylation is 2. The lowest BCUT2D eigenvalue weighted by Gasteiger charge is -2.34. The largest absolute Gasteiger partial charge is 0.0737 e. The third-order valence-corrected chi connectivity index (χ3v) is 5.24. The smallest absolute Gasteiger partial charge is 0.00527 e. The molecule has 0 amide bonds. The molecule has 2 atom stereocenters. The van der Waals surface area contributed by atoms with E-state index in [0.29, 0.717) is 11.8 Å². The number of hydrogen-bond acceptors (Lipinski definition) is 0. The molecular weight excluding hydrogens is 264 g/mol. The van der Waals surface area contributed by atoms with Crippen molar-refractivity contribution in [1.29, 1.82) is 0 Å². The summed E-state index contributed by atoms with van der Waals surface area (Å²) in [6.45, 7) is 8.98. The van der Waals surface area contributed by atoms with Gasteiger partial charge >= 0.3 is 0 Å². The average molecular weight is 290 g/mol. The lowest BCUT2D eigenvalue weighted by Crippen LogP contribution is -2.17. The van der Waals surface area contributed by atoms with Crippen LogP contribution in [-0.4, -0.2) is 0 Å². The Hall–Kier alpha value is -1.82. The number of rotatable bonds is 2. The minimum atomic E-state index is 0.603. The molecule has 22 heavy (non-hydrogen) atoms. The van der Waals surface area contributed by atoms with Crippen molar-refractivity contribution in [2.75, 3.05) is 0 Å². The highest BCUT2D eigenvalue weighted by molar-refractivity contribution is 5.37. The molecule has 0 spiro atoms. The van der Waals surface area contributed by atoms with Crippen LogP contribution in [-0.2, 0) is 0 Å². The van der Waals surface area contributed by atoms with Crippen LogP contribution in [0.25, 0.3) is 0 Å². The Kier molecular flexibility index (Phi) is 4.20. The molecule has 0 heteroatoms. The van der Waals surface area contributed by atoms with Crippen LogP contribution in [0.1, 0.15) is 60.8 Å². The van der Waals surface area contributed by atoms with Crippen molar-refractivity contribution in [2.24, 2.45) is 0 Å². The average Bonchev–Trinajstić information content (AvgIpc) is 2.50. The Labute approximate surface area is 134 Å². The molecule has 0 saturated heterocycles. The van der Waals surface area contributed by atoms with Gasteiger partial charge in [-0.05, 0) is 63.5 Å². The summed E-state index contributed by atoms with van der Waals surface area (Å²) < 4.78 is 0. The molecule has 3 rings (SSSR count). The Morgan fingerprint density at radius 2 is 1.23 bits per heavy atom. The van der Waals surface area contributed by atoms with Gasteiger partial charge < -0.3 is 0 Å². The number of allylic oxidation sites excluding steroid dienone is 2. The summed E-state index contributed by atoms with van der Waals surface area (Å²) in [7, 11) is 0. The van der Waals surface area contributed by atoms with Gasteiger partial charge in [0.05, 0.1) is 0 Å². The molecule has 0 aromatic heterocycles. The van der Waals surface area contributed by atoms with Gasteiger partial charge in [-0.15, -0.1) is 0 Å². The van der Waals surface area contributed by atoms with E-state index in [-0.39, 0.29) is 0 Å². The van der Waals surface area contributed by atoms with Crippen LogP contribution in [0.5, 0.6) is 0 Å². The van der Waals surface area contributed by atoms with Crippen molar-refractivity contribution in [3.8, 4) is 0 Å². The molecule has 114 valence electrons. The minimum absolute atomic E-state index is 0.603. The van der Waals surface area contributed by atoms with Crippen LogP contribution in [0, 0.1) is 13.8 Å². The molecule has 0 saturated carbocycles. The molecule has 0 bridgehead atoms. The van der Waals surface area contributed by atoms with Gasteiger partial charge in [-0.1, -0.05) is 70.8 Å². The van der Waals surface area contributed by atoms with Crippen molar-refractivity contribution in [2.45, 2.75) is 52.4 Å². The first kappa shape index (κ1) is 15.1. The first-order valence-electron chi connectivity index (χ1n) is 8.33. The van der Waals surface area contributed by atoms with Crippen LogP contribution < -0.4 is 0 Å². The van der Waals surface area contributed by atoms with E-state index < -0.39 is 0 Å². The summed E-state index contributed by atoms with van der Waals surface area (Å²) in [6, 6.07) is 18.3. The maximum absolute atomic E-state index is 2.37. The summed E-state index contributed by atoms with van der Waals surface area (Å²) >= 11 is 0. The van der Waals surface area contributed by atoms with Gasteiger partial charge in [-0.3, -0.25) is 0 Å². The predicted octanol–water partition coefficient (Wildman–Crippen LogP) is 6.30. The standard InChI is InChI=1S/C22H26/c1-15-8-10-19(11-9-15)21-13-17(3)18(4)14-22(21)20-7-5-6-16(2)12-20/h5-12,21-22H,13-14H2,1-4H3/t21-,22-/m1/s1. The zero-order valence-corrected chi connectivity index (χ0v) is 14.2. The van der Waals surface area contributed by atoms with Crippen molar-refractivity contribution in [1.82, 2.24) is 0 Å². The highest BCUT2D eigenvalue weighted by Gasteiger charge is 2.29. The van der Waals surface area contributed by atoms with Gasteiger partial charge in [-0.2, -0.15) is 0 Å². The molecule has 0 aliphatic heterocycles. The molecule has 0 fully saturated rings. The quantitative estimate of drug-likeness (QED) is 0.569.